The van der Waals surface area contributed by atoms with Gasteiger partial charge in [-0.2, -0.15) is 0 Å². The maximum atomic E-state index is 5.57. The summed E-state index contributed by atoms with van der Waals surface area (Å²) in [5.41, 5.74) is 0. The number of fused-ring (bicyclic) bond motifs is 1. The van der Waals surface area contributed by atoms with E-state index in [2.05, 4.69) is 49.4 Å². The molecule has 2 heteroatoms. The number of benzene rings is 2. The molecule has 0 atom stereocenters. The van der Waals surface area contributed by atoms with Crippen LogP contribution >= 0.6 is 0 Å². The average molecular weight is 202 g/mol. The van der Waals surface area contributed by atoms with Crippen LogP contribution in [0.5, 0.6) is 0 Å². The van der Waals surface area contributed by atoms with Crippen molar-refractivity contribution in [2.45, 2.75) is 6.92 Å². The summed E-state index contributed by atoms with van der Waals surface area (Å²) in [7, 11) is -0.533. The molecule has 72 valence electrons. The van der Waals surface area contributed by atoms with Crippen molar-refractivity contribution in [1.82, 2.24) is 0 Å². The molecule has 0 heterocycles. The molecule has 2 aromatic rings. The average Bonchev–Trinajstić information content (AvgIpc) is 2.26. The van der Waals surface area contributed by atoms with Crippen LogP contribution < -0.4 is 5.19 Å². The Bertz CT molecular complexity index is 420. The van der Waals surface area contributed by atoms with Gasteiger partial charge in [-0.05, 0) is 22.9 Å². The molecule has 0 N–H and O–H groups in total. The van der Waals surface area contributed by atoms with Gasteiger partial charge in [-0.25, -0.2) is 0 Å². The van der Waals surface area contributed by atoms with Crippen LogP contribution in [0.4, 0.5) is 0 Å². The van der Waals surface area contributed by atoms with Gasteiger partial charge in [0.15, 0.2) is 9.76 Å². The second kappa shape index (κ2) is 4.40. The van der Waals surface area contributed by atoms with Gasteiger partial charge >= 0.3 is 0 Å². The predicted octanol–water partition coefficient (Wildman–Crippen LogP) is 1.59. The quantitative estimate of drug-likeness (QED) is 0.687. The Balaban J connectivity index is 2.43. The second-order valence-electron chi connectivity index (χ2n) is 3.28. The normalized spacial score (nSPS) is 11.5. The largest absolute Gasteiger partial charge is 0.419 e. The van der Waals surface area contributed by atoms with Crippen LogP contribution in [0, 0.1) is 0 Å². The lowest BCUT2D eigenvalue weighted by atomic mass is 10.1. The summed E-state index contributed by atoms with van der Waals surface area (Å²) in [5.74, 6) is 0. The first-order valence-corrected chi connectivity index (χ1v) is 6.24. The standard InChI is InChI=1S/C12H14OSi/c1-2-13-14-12-9-5-7-10-6-3-4-8-11(10)12/h3-9H,2,14H2,1H3. The van der Waals surface area contributed by atoms with E-state index >= 15 is 0 Å². The Hall–Kier alpha value is -1.12. The minimum atomic E-state index is -0.533. The predicted molar refractivity (Wildman–Crippen MR) is 63.8 cm³/mol. The molecule has 2 aromatic carbocycles. The van der Waals surface area contributed by atoms with Gasteiger partial charge in [-0.1, -0.05) is 42.5 Å². The van der Waals surface area contributed by atoms with Crippen LogP contribution in [0.15, 0.2) is 42.5 Å². The molecular formula is C12H14OSi. The van der Waals surface area contributed by atoms with Crippen LogP contribution in [-0.4, -0.2) is 16.4 Å². The van der Waals surface area contributed by atoms with Gasteiger partial charge in [0, 0.05) is 6.61 Å². The smallest absolute Gasteiger partial charge is 0.192 e. The maximum absolute atomic E-state index is 5.57. The van der Waals surface area contributed by atoms with E-state index in [-0.39, 0.29) is 0 Å². The summed E-state index contributed by atoms with van der Waals surface area (Å²) in [4.78, 5) is 0. The Morgan fingerprint density at radius 2 is 1.86 bits per heavy atom. The van der Waals surface area contributed by atoms with Crippen LogP contribution in [0.2, 0.25) is 0 Å². The van der Waals surface area contributed by atoms with Crippen molar-refractivity contribution in [1.29, 1.82) is 0 Å². The molecule has 2 rings (SSSR count). The van der Waals surface area contributed by atoms with E-state index in [4.69, 9.17) is 4.43 Å². The number of rotatable bonds is 3. The molecule has 0 saturated carbocycles. The zero-order chi connectivity index (χ0) is 9.80. The first kappa shape index (κ1) is 9.43. The molecule has 0 unspecified atom stereocenters. The lowest BCUT2D eigenvalue weighted by molar-refractivity contribution is 0.367. The van der Waals surface area contributed by atoms with Gasteiger partial charge in [-0.3, -0.25) is 0 Å². The molecular weight excluding hydrogens is 188 g/mol. The summed E-state index contributed by atoms with van der Waals surface area (Å²) in [6.45, 7) is 2.88. The Morgan fingerprint density at radius 1 is 1.07 bits per heavy atom. The van der Waals surface area contributed by atoms with Crippen LogP contribution in [0.1, 0.15) is 6.92 Å². The fourth-order valence-electron chi connectivity index (χ4n) is 1.63. The van der Waals surface area contributed by atoms with Gasteiger partial charge in [0.05, 0.1) is 0 Å². The van der Waals surface area contributed by atoms with Gasteiger partial charge in [-0.15, -0.1) is 0 Å². The van der Waals surface area contributed by atoms with Crippen molar-refractivity contribution in [2.24, 2.45) is 0 Å². The minimum absolute atomic E-state index is 0.533. The molecule has 0 aliphatic carbocycles. The van der Waals surface area contributed by atoms with E-state index in [1.807, 2.05) is 0 Å². The SMILES string of the molecule is CCO[SiH2]c1cccc2ccccc12. The summed E-state index contributed by atoms with van der Waals surface area (Å²) >= 11 is 0. The first-order chi connectivity index (χ1) is 6.92. The Kier molecular flexibility index (Phi) is 2.96. The zero-order valence-electron chi connectivity index (χ0n) is 8.36. The highest BCUT2D eigenvalue weighted by Crippen LogP contribution is 2.09. The zero-order valence-corrected chi connectivity index (χ0v) is 9.78. The van der Waals surface area contributed by atoms with E-state index in [1.165, 1.54) is 16.0 Å². The summed E-state index contributed by atoms with van der Waals surface area (Å²) in [5, 5.41) is 4.08. The summed E-state index contributed by atoms with van der Waals surface area (Å²) in [6, 6.07) is 14.9. The lowest BCUT2D eigenvalue weighted by Crippen LogP contribution is -2.18. The van der Waals surface area contributed by atoms with Crippen molar-refractivity contribution in [3.63, 3.8) is 0 Å². The molecule has 0 radical (unpaired) electrons. The molecule has 0 fully saturated rings. The third-order valence-corrected chi connectivity index (χ3v) is 3.88. The van der Waals surface area contributed by atoms with Gasteiger partial charge in [0.2, 0.25) is 0 Å². The van der Waals surface area contributed by atoms with Gasteiger partial charge in [0.1, 0.15) is 0 Å². The molecule has 0 saturated heterocycles. The molecule has 0 amide bonds. The molecule has 0 aliphatic heterocycles. The van der Waals surface area contributed by atoms with Crippen molar-refractivity contribution in [3.8, 4) is 0 Å². The van der Waals surface area contributed by atoms with Gasteiger partial charge < -0.3 is 4.43 Å². The third-order valence-electron chi connectivity index (χ3n) is 2.34. The lowest BCUT2D eigenvalue weighted by Gasteiger charge is -2.05. The highest BCUT2D eigenvalue weighted by Gasteiger charge is 1.99. The van der Waals surface area contributed by atoms with E-state index in [1.54, 1.807) is 0 Å². The first-order valence-electron chi connectivity index (χ1n) is 4.96. The number of hydrogen-bond acceptors (Lipinski definition) is 1. The molecule has 0 spiro atoms. The van der Waals surface area contributed by atoms with Crippen LogP contribution in [0.3, 0.4) is 0 Å². The summed E-state index contributed by atoms with van der Waals surface area (Å²) < 4.78 is 5.57. The highest BCUT2D eigenvalue weighted by molar-refractivity contribution is 6.51. The fourth-order valence-corrected chi connectivity index (χ4v) is 2.76. The van der Waals surface area contributed by atoms with Crippen LogP contribution in [-0.2, 0) is 4.43 Å². The third kappa shape index (κ3) is 1.86. The van der Waals surface area contributed by atoms with Crippen molar-refractivity contribution in [2.75, 3.05) is 6.61 Å². The number of hydrogen-bond donors (Lipinski definition) is 0. The molecule has 1 nitrogen and oxygen atoms in total. The summed E-state index contributed by atoms with van der Waals surface area (Å²) in [6.07, 6.45) is 0. The minimum Gasteiger partial charge on any atom is -0.419 e. The Labute approximate surface area is 86.7 Å². The maximum Gasteiger partial charge on any atom is 0.192 e. The topological polar surface area (TPSA) is 9.23 Å². The highest BCUT2D eigenvalue weighted by atomic mass is 28.2. The van der Waals surface area contributed by atoms with E-state index < -0.39 is 9.76 Å². The van der Waals surface area contributed by atoms with E-state index in [0.29, 0.717) is 0 Å². The monoisotopic (exact) mass is 202 g/mol. The van der Waals surface area contributed by atoms with Crippen molar-refractivity contribution < 1.29 is 4.43 Å². The fraction of sp³-hybridized carbons (Fsp3) is 0.167. The second-order valence-corrected chi connectivity index (χ2v) is 4.73. The molecule has 14 heavy (non-hydrogen) atoms. The molecule has 0 bridgehead atoms. The van der Waals surface area contributed by atoms with Gasteiger partial charge in [0.25, 0.3) is 0 Å². The van der Waals surface area contributed by atoms with Crippen molar-refractivity contribution >= 4 is 25.7 Å². The molecule has 0 aliphatic rings. The Morgan fingerprint density at radius 3 is 2.71 bits per heavy atom. The van der Waals surface area contributed by atoms with E-state index in [0.717, 1.165) is 6.61 Å². The van der Waals surface area contributed by atoms with Crippen LogP contribution in [0.25, 0.3) is 10.8 Å². The van der Waals surface area contributed by atoms with Crippen molar-refractivity contribution in [3.05, 3.63) is 42.5 Å². The molecule has 0 aromatic heterocycles. The van der Waals surface area contributed by atoms with E-state index in [9.17, 15) is 0 Å².